The van der Waals surface area contributed by atoms with Gasteiger partial charge in [-0.1, -0.05) is 6.07 Å². The molecule has 0 bridgehead atoms. The lowest BCUT2D eigenvalue weighted by atomic mass is 10.1. The van der Waals surface area contributed by atoms with Crippen LogP contribution in [0.4, 0.5) is 11.5 Å². The van der Waals surface area contributed by atoms with E-state index in [0.717, 1.165) is 26.9 Å². The average molecular weight is 466 g/mol. The molecule has 0 radical (unpaired) electrons. The summed E-state index contributed by atoms with van der Waals surface area (Å²) in [5.74, 6) is 0.731. The van der Waals surface area contributed by atoms with Crippen LogP contribution >= 0.6 is 28.3 Å². The molecule has 0 spiro atoms. The van der Waals surface area contributed by atoms with Gasteiger partial charge in [0.05, 0.1) is 30.0 Å². The van der Waals surface area contributed by atoms with Gasteiger partial charge in [0.2, 0.25) is 0 Å². The van der Waals surface area contributed by atoms with E-state index in [1.807, 2.05) is 47.8 Å². The number of anilines is 2. The first-order valence-electron chi connectivity index (χ1n) is 8.89. The van der Waals surface area contributed by atoms with Gasteiger partial charge in [-0.15, -0.1) is 12.4 Å². The fourth-order valence-electron chi connectivity index (χ4n) is 3.36. The van der Waals surface area contributed by atoms with Crippen LogP contribution in [-0.2, 0) is 11.8 Å². The predicted molar refractivity (Wildman–Crippen MR) is 117 cm³/mol. The third kappa shape index (κ3) is 3.87. The molecule has 2 aromatic heterocycles. The summed E-state index contributed by atoms with van der Waals surface area (Å²) in [6.07, 6.45) is 3.63. The second-order valence-corrected chi connectivity index (χ2v) is 7.58. The number of carbonyl (C=O) groups excluding carboxylic acids is 1. The van der Waals surface area contributed by atoms with Gasteiger partial charge in [0.15, 0.2) is 0 Å². The number of benzene rings is 1. The molecular weight excluding hydrogens is 444 g/mol. The monoisotopic (exact) mass is 464 g/mol. The normalized spacial score (nSPS) is 14.0. The molecule has 3 heterocycles. The van der Waals surface area contributed by atoms with Gasteiger partial charge in [-0.3, -0.25) is 4.79 Å². The Hall–Kier alpha value is -2.09. The van der Waals surface area contributed by atoms with Crippen LogP contribution in [0.5, 0.6) is 0 Å². The molecule has 1 amide bonds. The van der Waals surface area contributed by atoms with Crippen molar-refractivity contribution in [1.82, 2.24) is 14.5 Å². The van der Waals surface area contributed by atoms with Crippen molar-refractivity contribution in [3.05, 3.63) is 52.3 Å². The average Bonchev–Trinajstić information content (AvgIpc) is 3.07. The second kappa shape index (κ2) is 8.51. The predicted octanol–water partition coefficient (Wildman–Crippen LogP) is 4.28. The van der Waals surface area contributed by atoms with Crippen LogP contribution in [0, 0.1) is 6.92 Å². The van der Waals surface area contributed by atoms with E-state index in [1.54, 1.807) is 6.20 Å². The fourth-order valence-corrected chi connectivity index (χ4v) is 3.95. The minimum atomic E-state index is 0. The molecule has 28 heavy (non-hydrogen) atoms. The van der Waals surface area contributed by atoms with Crippen molar-refractivity contribution in [3.63, 3.8) is 0 Å². The zero-order valence-corrected chi connectivity index (χ0v) is 18.1. The minimum Gasteiger partial charge on any atom is -0.378 e. The number of carbonyl (C=O) groups is 1. The Morgan fingerprint density at radius 2 is 2.00 bits per heavy atom. The van der Waals surface area contributed by atoms with E-state index < -0.39 is 0 Å². The first-order valence-corrected chi connectivity index (χ1v) is 9.68. The molecule has 6 nitrogen and oxygen atoms in total. The minimum absolute atomic E-state index is 0. The van der Waals surface area contributed by atoms with Gasteiger partial charge in [0.25, 0.3) is 5.91 Å². The van der Waals surface area contributed by atoms with Gasteiger partial charge in [0, 0.05) is 42.4 Å². The Kier molecular flexibility index (Phi) is 6.27. The van der Waals surface area contributed by atoms with E-state index in [9.17, 15) is 4.79 Å². The highest BCUT2D eigenvalue weighted by atomic mass is 79.9. The van der Waals surface area contributed by atoms with Crippen LogP contribution in [0.1, 0.15) is 15.9 Å². The Balaban J connectivity index is 0.00000225. The first kappa shape index (κ1) is 20.6. The van der Waals surface area contributed by atoms with E-state index in [-0.39, 0.29) is 18.3 Å². The molecule has 8 heteroatoms. The lowest BCUT2D eigenvalue weighted by Crippen LogP contribution is -2.40. The number of pyridine rings is 1. The number of ether oxygens (including phenoxy) is 1. The van der Waals surface area contributed by atoms with Crippen LogP contribution in [0.2, 0.25) is 0 Å². The highest BCUT2D eigenvalue weighted by Crippen LogP contribution is 2.31. The highest BCUT2D eigenvalue weighted by Gasteiger charge is 2.23. The van der Waals surface area contributed by atoms with Crippen molar-refractivity contribution in [2.45, 2.75) is 6.92 Å². The number of fused-ring (bicyclic) bond motifs is 1. The molecule has 0 aliphatic carbocycles. The summed E-state index contributed by atoms with van der Waals surface area (Å²) in [5.41, 5.74) is 3.61. The third-order valence-electron chi connectivity index (χ3n) is 4.81. The van der Waals surface area contributed by atoms with E-state index in [4.69, 9.17) is 4.74 Å². The van der Waals surface area contributed by atoms with Crippen molar-refractivity contribution in [1.29, 1.82) is 0 Å². The number of aromatic nitrogens is 2. The van der Waals surface area contributed by atoms with Crippen molar-refractivity contribution in [2.75, 3.05) is 31.6 Å². The maximum absolute atomic E-state index is 13.0. The number of morpholine rings is 1. The summed E-state index contributed by atoms with van der Waals surface area (Å²) in [6.45, 7) is 4.43. The van der Waals surface area contributed by atoms with E-state index >= 15 is 0 Å². The number of amides is 1. The van der Waals surface area contributed by atoms with Gasteiger partial charge in [-0.25, -0.2) is 4.98 Å². The number of nitrogens with zero attached hydrogens (tertiary/aromatic N) is 3. The molecule has 1 aliphatic rings. The molecule has 1 N–H and O–H groups in total. The molecule has 4 rings (SSSR count). The second-order valence-electron chi connectivity index (χ2n) is 6.72. The quantitative estimate of drug-likeness (QED) is 0.627. The van der Waals surface area contributed by atoms with Crippen molar-refractivity contribution >= 4 is 56.7 Å². The van der Waals surface area contributed by atoms with Crippen molar-refractivity contribution < 1.29 is 9.53 Å². The van der Waals surface area contributed by atoms with Crippen LogP contribution in [0.3, 0.4) is 0 Å². The summed E-state index contributed by atoms with van der Waals surface area (Å²) in [5, 5.41) is 4.31. The number of rotatable bonds is 3. The molecule has 1 fully saturated rings. The standard InChI is InChI=1S/C20H21BrN4O2.ClH/c1-13-3-4-17(16(21)11-13)23-19-14-5-6-24(2)18(14)15(12-22-19)20(26)25-7-9-27-10-8-25;/h3-6,11-12H,7-10H2,1-2H3,(H,22,23);1H. The van der Waals surface area contributed by atoms with Gasteiger partial charge in [-0.05, 0) is 46.6 Å². The summed E-state index contributed by atoms with van der Waals surface area (Å²) in [6, 6.07) is 8.11. The van der Waals surface area contributed by atoms with Crippen LogP contribution in [0.15, 0.2) is 41.1 Å². The molecule has 0 unspecified atom stereocenters. The number of halogens is 2. The SMILES string of the molecule is Cc1ccc(Nc2ncc(C(=O)N3CCOCC3)c3c2ccn3C)c(Br)c1.Cl. The molecular formula is C20H22BrClN4O2. The largest absolute Gasteiger partial charge is 0.378 e. The molecule has 1 aliphatic heterocycles. The molecule has 3 aromatic rings. The lowest BCUT2D eigenvalue weighted by molar-refractivity contribution is 0.0303. The van der Waals surface area contributed by atoms with E-state index in [0.29, 0.717) is 31.9 Å². The topological polar surface area (TPSA) is 59.4 Å². The zero-order valence-electron chi connectivity index (χ0n) is 15.7. The molecule has 0 atom stereocenters. The van der Waals surface area contributed by atoms with Gasteiger partial charge >= 0.3 is 0 Å². The Labute approximate surface area is 178 Å². The van der Waals surface area contributed by atoms with Gasteiger partial charge < -0.3 is 19.5 Å². The van der Waals surface area contributed by atoms with Crippen LogP contribution in [0.25, 0.3) is 10.9 Å². The number of nitrogens with one attached hydrogen (secondary N) is 1. The van der Waals surface area contributed by atoms with E-state index in [2.05, 4.69) is 32.3 Å². The third-order valence-corrected chi connectivity index (χ3v) is 5.47. The van der Waals surface area contributed by atoms with E-state index in [1.165, 1.54) is 5.56 Å². The van der Waals surface area contributed by atoms with Gasteiger partial charge in [0.1, 0.15) is 5.82 Å². The molecule has 1 saturated heterocycles. The maximum atomic E-state index is 13.0. The van der Waals surface area contributed by atoms with Crippen molar-refractivity contribution in [3.8, 4) is 0 Å². The first-order chi connectivity index (χ1) is 13.0. The number of hydrogen-bond acceptors (Lipinski definition) is 4. The molecule has 1 aromatic carbocycles. The summed E-state index contributed by atoms with van der Waals surface area (Å²) in [7, 11) is 1.95. The summed E-state index contributed by atoms with van der Waals surface area (Å²) < 4.78 is 8.30. The lowest BCUT2D eigenvalue weighted by Gasteiger charge is -2.27. The number of aryl methyl sites for hydroxylation is 2. The van der Waals surface area contributed by atoms with Crippen molar-refractivity contribution in [2.24, 2.45) is 7.05 Å². The molecule has 148 valence electrons. The Morgan fingerprint density at radius 3 is 2.71 bits per heavy atom. The maximum Gasteiger partial charge on any atom is 0.257 e. The number of hydrogen-bond donors (Lipinski definition) is 1. The van der Waals surface area contributed by atoms with Crippen LogP contribution < -0.4 is 5.32 Å². The van der Waals surface area contributed by atoms with Crippen LogP contribution in [-0.4, -0.2) is 46.7 Å². The zero-order chi connectivity index (χ0) is 19.0. The fraction of sp³-hybridized carbons (Fsp3) is 0.300. The Morgan fingerprint density at radius 1 is 1.25 bits per heavy atom. The summed E-state index contributed by atoms with van der Waals surface area (Å²) in [4.78, 5) is 19.4. The van der Waals surface area contributed by atoms with Gasteiger partial charge in [-0.2, -0.15) is 0 Å². The molecule has 0 saturated carbocycles. The summed E-state index contributed by atoms with van der Waals surface area (Å²) >= 11 is 3.60. The smallest absolute Gasteiger partial charge is 0.257 e. The highest BCUT2D eigenvalue weighted by molar-refractivity contribution is 9.10. The Bertz CT molecular complexity index is 1010.